The van der Waals surface area contributed by atoms with Gasteiger partial charge in [0.1, 0.15) is 5.75 Å². The number of hydrogen-bond donors (Lipinski definition) is 0. The normalized spacial score (nSPS) is 15.9. The predicted molar refractivity (Wildman–Crippen MR) is 57.0 cm³/mol. The molecule has 18 heavy (non-hydrogen) atoms. The molecule has 0 bridgehead atoms. The maximum Gasteiger partial charge on any atom is 0.573 e. The van der Waals surface area contributed by atoms with E-state index in [9.17, 15) is 18.0 Å². The van der Waals surface area contributed by atoms with E-state index in [1.807, 2.05) is 0 Å². The van der Waals surface area contributed by atoms with Gasteiger partial charge in [-0.2, -0.15) is 5.10 Å². The van der Waals surface area contributed by atoms with Gasteiger partial charge < -0.3 is 4.74 Å². The van der Waals surface area contributed by atoms with Gasteiger partial charge in [0.05, 0.1) is 12.1 Å². The van der Waals surface area contributed by atoms with Crippen LogP contribution in [0, 0.1) is 0 Å². The van der Waals surface area contributed by atoms with Crippen LogP contribution in [0.3, 0.4) is 0 Å². The Bertz CT molecular complexity index is 511. The first-order valence-electron chi connectivity index (χ1n) is 5.06. The van der Waals surface area contributed by atoms with E-state index in [-0.39, 0.29) is 29.4 Å². The van der Waals surface area contributed by atoms with E-state index in [0.717, 1.165) is 5.01 Å². The number of hydrazone groups is 1. The topological polar surface area (TPSA) is 41.9 Å². The van der Waals surface area contributed by atoms with Crippen LogP contribution in [-0.2, 0) is 4.79 Å². The highest BCUT2D eigenvalue weighted by Gasteiger charge is 2.33. The van der Waals surface area contributed by atoms with Crippen LogP contribution in [0.25, 0.3) is 0 Å². The van der Waals surface area contributed by atoms with E-state index in [2.05, 4.69) is 9.84 Å². The van der Waals surface area contributed by atoms with E-state index in [1.165, 1.54) is 25.2 Å². The molecule has 0 fully saturated rings. The predicted octanol–water partition coefficient (Wildman–Crippen LogP) is 2.15. The number of hydrogen-bond acceptors (Lipinski definition) is 3. The number of carbonyl (C=O) groups excluding carboxylic acids is 1. The second-order valence-corrected chi connectivity index (χ2v) is 3.68. The highest BCUT2D eigenvalue weighted by molar-refractivity contribution is 6.14. The van der Waals surface area contributed by atoms with Gasteiger partial charge in [0.2, 0.25) is 5.91 Å². The Morgan fingerprint density at radius 3 is 2.56 bits per heavy atom. The molecule has 4 nitrogen and oxygen atoms in total. The fraction of sp³-hybridized carbons (Fsp3) is 0.273. The Morgan fingerprint density at radius 1 is 1.33 bits per heavy atom. The maximum absolute atomic E-state index is 12.2. The van der Waals surface area contributed by atoms with Crippen molar-refractivity contribution in [3.05, 3.63) is 29.8 Å². The van der Waals surface area contributed by atoms with Crippen molar-refractivity contribution in [2.24, 2.45) is 5.10 Å². The Kier molecular flexibility index (Phi) is 2.98. The van der Waals surface area contributed by atoms with E-state index in [0.29, 0.717) is 0 Å². The molecule has 2 rings (SSSR count). The molecule has 0 unspecified atom stereocenters. The molecule has 1 aromatic carbocycles. The largest absolute Gasteiger partial charge is 0.573 e. The minimum Gasteiger partial charge on any atom is -0.405 e. The molecule has 0 N–H and O–H groups in total. The summed E-state index contributed by atoms with van der Waals surface area (Å²) in [7, 11) is 1.45. The summed E-state index contributed by atoms with van der Waals surface area (Å²) in [5.41, 5.74) is 0.440. The van der Waals surface area contributed by atoms with Crippen molar-refractivity contribution in [3.8, 4) is 5.75 Å². The van der Waals surface area contributed by atoms with E-state index >= 15 is 0 Å². The fourth-order valence-electron chi connectivity index (χ4n) is 1.60. The zero-order valence-electron chi connectivity index (χ0n) is 9.36. The number of amides is 1. The van der Waals surface area contributed by atoms with Gasteiger partial charge in [-0.3, -0.25) is 4.79 Å². The lowest BCUT2D eigenvalue weighted by molar-refractivity contribution is -0.274. The summed E-state index contributed by atoms with van der Waals surface area (Å²) in [5.74, 6) is -0.626. The number of nitrogens with zero attached hydrogens (tertiary/aromatic N) is 2. The molecule has 0 atom stereocenters. The third-order valence-electron chi connectivity index (χ3n) is 2.37. The highest BCUT2D eigenvalue weighted by Crippen LogP contribution is 2.28. The van der Waals surface area contributed by atoms with Crippen LogP contribution in [0.2, 0.25) is 0 Å². The molecule has 0 saturated heterocycles. The number of benzene rings is 1. The first kappa shape index (κ1) is 12.4. The first-order valence-corrected chi connectivity index (χ1v) is 5.06. The monoisotopic (exact) mass is 258 g/mol. The minimum absolute atomic E-state index is 0.0330. The second kappa shape index (κ2) is 4.32. The molecule has 0 aliphatic carbocycles. The molecule has 1 amide bonds. The number of halogens is 3. The van der Waals surface area contributed by atoms with Crippen molar-refractivity contribution in [2.45, 2.75) is 12.8 Å². The zero-order chi connectivity index (χ0) is 13.3. The lowest BCUT2D eigenvalue weighted by Gasteiger charge is -2.12. The van der Waals surface area contributed by atoms with Gasteiger partial charge in [0.15, 0.2) is 0 Å². The van der Waals surface area contributed by atoms with Crippen molar-refractivity contribution >= 4 is 11.6 Å². The lowest BCUT2D eigenvalue weighted by Crippen LogP contribution is -2.19. The molecule has 1 aliphatic heterocycles. The number of carbonyl (C=O) groups is 1. The van der Waals surface area contributed by atoms with Crippen molar-refractivity contribution in [2.75, 3.05) is 7.05 Å². The van der Waals surface area contributed by atoms with Crippen LogP contribution in [0.4, 0.5) is 13.2 Å². The zero-order valence-corrected chi connectivity index (χ0v) is 9.36. The van der Waals surface area contributed by atoms with Crippen molar-refractivity contribution in [1.29, 1.82) is 0 Å². The molecule has 0 saturated carbocycles. The van der Waals surface area contributed by atoms with Gasteiger partial charge in [-0.25, -0.2) is 5.01 Å². The lowest BCUT2D eigenvalue weighted by atomic mass is 10.1. The van der Waals surface area contributed by atoms with Crippen LogP contribution < -0.4 is 4.74 Å². The van der Waals surface area contributed by atoms with Gasteiger partial charge in [0, 0.05) is 12.6 Å². The number of ether oxygens (including phenoxy) is 1. The van der Waals surface area contributed by atoms with E-state index in [4.69, 9.17) is 0 Å². The molecule has 96 valence electrons. The molecular formula is C11H9F3N2O2. The van der Waals surface area contributed by atoms with Gasteiger partial charge in [-0.05, 0) is 12.1 Å². The summed E-state index contributed by atoms with van der Waals surface area (Å²) >= 11 is 0. The molecular weight excluding hydrogens is 249 g/mol. The van der Waals surface area contributed by atoms with Crippen LogP contribution in [0.1, 0.15) is 12.0 Å². The van der Waals surface area contributed by atoms with Crippen LogP contribution in [0.15, 0.2) is 29.4 Å². The third-order valence-corrected chi connectivity index (χ3v) is 2.37. The maximum atomic E-state index is 12.2. The molecule has 1 aromatic rings. The summed E-state index contributed by atoms with van der Waals surface area (Å²) < 4.78 is 40.6. The third kappa shape index (κ3) is 2.61. The van der Waals surface area contributed by atoms with Crippen molar-refractivity contribution < 1.29 is 22.7 Å². The molecule has 1 aliphatic rings. The SMILES string of the molecule is CN1N=C(c2ccccc2OC(F)(F)F)CC1=O. The van der Waals surface area contributed by atoms with Crippen molar-refractivity contribution in [3.63, 3.8) is 0 Å². The summed E-state index contributed by atoms with van der Waals surface area (Å²) in [4.78, 5) is 11.3. The quantitative estimate of drug-likeness (QED) is 0.815. The van der Waals surface area contributed by atoms with Crippen molar-refractivity contribution in [1.82, 2.24) is 5.01 Å². The first-order chi connectivity index (χ1) is 8.37. The smallest absolute Gasteiger partial charge is 0.405 e. The molecule has 0 aromatic heterocycles. The Labute approximate surface area is 101 Å². The fourth-order valence-corrected chi connectivity index (χ4v) is 1.60. The van der Waals surface area contributed by atoms with Gasteiger partial charge in [-0.1, -0.05) is 12.1 Å². The molecule has 0 radical (unpaired) electrons. The second-order valence-electron chi connectivity index (χ2n) is 3.68. The van der Waals surface area contributed by atoms with Gasteiger partial charge in [-0.15, -0.1) is 13.2 Å². The van der Waals surface area contributed by atoms with Crippen LogP contribution in [0.5, 0.6) is 5.75 Å². The highest BCUT2D eigenvalue weighted by atomic mass is 19.4. The average molecular weight is 258 g/mol. The average Bonchev–Trinajstić information content (AvgIpc) is 2.57. The van der Waals surface area contributed by atoms with E-state index < -0.39 is 6.36 Å². The van der Waals surface area contributed by atoms with Gasteiger partial charge >= 0.3 is 6.36 Å². The summed E-state index contributed by atoms with van der Waals surface area (Å²) in [6.07, 6.45) is -4.81. The van der Waals surface area contributed by atoms with Crippen LogP contribution >= 0.6 is 0 Å². The standard InChI is InChI=1S/C11H9F3N2O2/c1-16-10(17)6-8(15-16)7-4-2-3-5-9(7)18-11(12,13)14/h2-5H,6H2,1H3. The number of rotatable bonds is 2. The molecule has 0 spiro atoms. The molecule has 1 heterocycles. The Morgan fingerprint density at radius 2 is 2.00 bits per heavy atom. The summed E-state index contributed by atoms with van der Waals surface area (Å²) in [5, 5.41) is 4.98. The summed E-state index contributed by atoms with van der Waals surface area (Å²) in [6, 6.07) is 5.61. The van der Waals surface area contributed by atoms with Crippen LogP contribution in [-0.4, -0.2) is 30.0 Å². The van der Waals surface area contributed by atoms with Gasteiger partial charge in [0.25, 0.3) is 0 Å². The Hall–Kier alpha value is -2.05. The van der Waals surface area contributed by atoms with E-state index in [1.54, 1.807) is 6.07 Å². The Balaban J connectivity index is 2.34. The number of para-hydroxylation sites is 1. The molecule has 7 heteroatoms. The minimum atomic E-state index is -4.77. The summed E-state index contributed by atoms with van der Waals surface area (Å²) in [6.45, 7) is 0. The number of alkyl halides is 3.